The van der Waals surface area contributed by atoms with E-state index in [-0.39, 0.29) is 0 Å². The van der Waals surface area contributed by atoms with Crippen molar-refractivity contribution in [1.82, 2.24) is 5.43 Å². The number of sulfonamides is 1. The Kier molecular flexibility index (Phi) is 7.65. The Balaban J connectivity index is 2.15. The summed E-state index contributed by atoms with van der Waals surface area (Å²) in [6.45, 7) is 3.95. The lowest BCUT2D eigenvalue weighted by atomic mass is 10.2. The number of hydrogen-bond donors (Lipinski definition) is 1. The number of hydrogen-bond acceptors (Lipinski definition) is 5. The van der Waals surface area contributed by atoms with Gasteiger partial charge in [0.15, 0.2) is 0 Å². The zero-order valence-corrected chi connectivity index (χ0v) is 17.1. The zero-order chi connectivity index (χ0) is 19.9. The smallest absolute Gasteiger partial charge is 0.263 e. The SMILES string of the molecule is CCOc1ccc(N([C@@H](C)C(=O)NN=C2CCCCCC2)S(C)(=O)=O)cc1. The van der Waals surface area contributed by atoms with Crippen LogP contribution in [0.15, 0.2) is 29.4 Å². The molecule has 0 heterocycles. The van der Waals surface area contributed by atoms with Gasteiger partial charge in [-0.25, -0.2) is 13.8 Å². The minimum atomic E-state index is -3.65. The van der Waals surface area contributed by atoms with Crippen LogP contribution < -0.4 is 14.5 Å². The van der Waals surface area contributed by atoms with Gasteiger partial charge in [-0.15, -0.1) is 0 Å². The molecule has 8 heteroatoms. The molecule has 1 N–H and O–H groups in total. The average molecular weight is 396 g/mol. The van der Waals surface area contributed by atoms with Crippen molar-refractivity contribution < 1.29 is 17.9 Å². The summed E-state index contributed by atoms with van der Waals surface area (Å²) in [5.74, 6) is 0.192. The first-order valence-electron chi connectivity index (χ1n) is 9.40. The molecule has 150 valence electrons. The summed E-state index contributed by atoms with van der Waals surface area (Å²) in [7, 11) is -3.65. The molecule has 1 amide bonds. The van der Waals surface area contributed by atoms with Crippen LogP contribution in [0.25, 0.3) is 0 Å². The lowest BCUT2D eigenvalue weighted by Crippen LogP contribution is -2.46. The Morgan fingerprint density at radius 2 is 1.78 bits per heavy atom. The number of anilines is 1. The Bertz CT molecular complexity index is 750. The molecular weight excluding hydrogens is 366 g/mol. The number of nitrogens with zero attached hydrogens (tertiary/aromatic N) is 2. The quantitative estimate of drug-likeness (QED) is 0.568. The number of amides is 1. The number of hydrazone groups is 1. The maximum Gasteiger partial charge on any atom is 0.263 e. The van der Waals surface area contributed by atoms with Crippen molar-refractivity contribution in [2.24, 2.45) is 5.10 Å². The van der Waals surface area contributed by atoms with Crippen molar-refractivity contribution in [2.75, 3.05) is 17.2 Å². The Morgan fingerprint density at radius 3 is 2.30 bits per heavy atom. The van der Waals surface area contributed by atoms with Crippen molar-refractivity contribution in [3.8, 4) is 5.75 Å². The van der Waals surface area contributed by atoms with Crippen LogP contribution in [0.1, 0.15) is 52.4 Å². The molecule has 1 aliphatic rings. The van der Waals surface area contributed by atoms with Crippen molar-refractivity contribution in [3.63, 3.8) is 0 Å². The van der Waals surface area contributed by atoms with Gasteiger partial charge < -0.3 is 4.74 Å². The van der Waals surface area contributed by atoms with Gasteiger partial charge >= 0.3 is 0 Å². The molecule has 0 spiro atoms. The van der Waals surface area contributed by atoms with E-state index >= 15 is 0 Å². The van der Waals surface area contributed by atoms with Crippen LogP contribution in [0.2, 0.25) is 0 Å². The monoisotopic (exact) mass is 395 g/mol. The number of carbonyl (C=O) groups excluding carboxylic acids is 1. The van der Waals surface area contributed by atoms with Crippen LogP contribution in [0, 0.1) is 0 Å². The molecule has 1 saturated carbocycles. The van der Waals surface area contributed by atoms with Crippen LogP contribution in [-0.4, -0.2) is 38.9 Å². The highest BCUT2D eigenvalue weighted by Crippen LogP contribution is 2.24. The third-order valence-corrected chi connectivity index (χ3v) is 5.74. The van der Waals surface area contributed by atoms with Crippen molar-refractivity contribution >= 4 is 27.3 Å². The molecule has 1 aromatic rings. The standard InChI is InChI=1S/C19H29N3O4S/c1-4-26-18-13-11-17(12-14-18)22(27(3,24)25)15(2)19(23)21-20-16-9-7-5-6-8-10-16/h11-15H,4-10H2,1-3H3,(H,21,23)/t15-/m0/s1. The second-order valence-corrected chi connectivity index (χ2v) is 8.59. The molecule has 27 heavy (non-hydrogen) atoms. The summed E-state index contributed by atoms with van der Waals surface area (Å²) in [5.41, 5.74) is 3.93. The van der Waals surface area contributed by atoms with Crippen LogP contribution >= 0.6 is 0 Å². The first kappa shape index (κ1) is 21.2. The normalized spacial score (nSPS) is 16.2. The number of ether oxygens (including phenoxy) is 1. The van der Waals surface area contributed by atoms with Crippen molar-refractivity contribution in [2.45, 2.75) is 58.4 Å². The van der Waals surface area contributed by atoms with Crippen molar-refractivity contribution in [3.05, 3.63) is 24.3 Å². The predicted octanol–water partition coefficient (Wildman–Crippen LogP) is 3.07. The summed E-state index contributed by atoms with van der Waals surface area (Å²) >= 11 is 0. The first-order chi connectivity index (χ1) is 12.8. The molecule has 7 nitrogen and oxygen atoms in total. The van der Waals surface area contributed by atoms with Crippen LogP contribution in [-0.2, 0) is 14.8 Å². The Hall–Kier alpha value is -2.09. The van der Waals surface area contributed by atoms with E-state index in [1.165, 1.54) is 12.8 Å². The van der Waals surface area contributed by atoms with Gasteiger partial charge in [-0.05, 0) is 63.8 Å². The van der Waals surface area contributed by atoms with E-state index in [0.29, 0.717) is 18.0 Å². The molecule has 0 unspecified atom stereocenters. The number of carbonyl (C=O) groups is 1. The van der Waals surface area contributed by atoms with Gasteiger partial charge in [-0.1, -0.05) is 12.8 Å². The predicted molar refractivity (Wildman–Crippen MR) is 108 cm³/mol. The molecule has 0 bridgehead atoms. The second kappa shape index (κ2) is 9.73. The molecule has 2 rings (SSSR count). The first-order valence-corrected chi connectivity index (χ1v) is 11.3. The number of nitrogens with one attached hydrogen (secondary N) is 1. The minimum Gasteiger partial charge on any atom is -0.494 e. The van der Waals surface area contributed by atoms with E-state index in [4.69, 9.17) is 4.74 Å². The highest BCUT2D eigenvalue weighted by Gasteiger charge is 2.29. The summed E-state index contributed by atoms with van der Waals surface area (Å²) in [6.07, 6.45) is 7.36. The van der Waals surface area contributed by atoms with Gasteiger partial charge in [0.05, 0.1) is 18.6 Å². The summed E-state index contributed by atoms with van der Waals surface area (Å²) in [5, 5.41) is 4.24. The lowest BCUT2D eigenvalue weighted by Gasteiger charge is -2.27. The molecule has 1 fully saturated rings. The fraction of sp³-hybridized carbons (Fsp3) is 0.579. The topological polar surface area (TPSA) is 88.1 Å². The molecular formula is C19H29N3O4S. The van der Waals surface area contributed by atoms with Gasteiger partial charge in [0.25, 0.3) is 5.91 Å². The lowest BCUT2D eigenvalue weighted by molar-refractivity contribution is -0.121. The molecule has 0 aliphatic heterocycles. The van der Waals surface area contributed by atoms with Gasteiger partial charge in [0.2, 0.25) is 10.0 Å². The Morgan fingerprint density at radius 1 is 1.19 bits per heavy atom. The van der Waals surface area contributed by atoms with Crippen LogP contribution in [0.3, 0.4) is 0 Å². The van der Waals surface area contributed by atoms with Crippen LogP contribution in [0.4, 0.5) is 5.69 Å². The fourth-order valence-electron chi connectivity index (χ4n) is 3.14. The van der Waals surface area contributed by atoms with Gasteiger partial charge in [0.1, 0.15) is 11.8 Å². The van der Waals surface area contributed by atoms with E-state index in [1.807, 2.05) is 6.92 Å². The average Bonchev–Trinajstić information content (AvgIpc) is 2.89. The summed E-state index contributed by atoms with van der Waals surface area (Å²) in [4.78, 5) is 12.6. The van der Waals surface area contributed by atoms with Gasteiger partial charge in [-0.3, -0.25) is 9.10 Å². The van der Waals surface area contributed by atoms with E-state index in [1.54, 1.807) is 31.2 Å². The molecule has 0 radical (unpaired) electrons. The van der Waals surface area contributed by atoms with Crippen molar-refractivity contribution in [1.29, 1.82) is 0 Å². The fourth-order valence-corrected chi connectivity index (χ4v) is 4.32. The summed E-state index contributed by atoms with van der Waals surface area (Å²) in [6, 6.07) is 5.72. The molecule has 1 aliphatic carbocycles. The maximum absolute atomic E-state index is 12.6. The largest absolute Gasteiger partial charge is 0.494 e. The Labute approximate surface area is 161 Å². The maximum atomic E-state index is 12.6. The van der Waals surface area contributed by atoms with Crippen LogP contribution in [0.5, 0.6) is 5.75 Å². The van der Waals surface area contributed by atoms with E-state index < -0.39 is 22.0 Å². The highest BCUT2D eigenvalue weighted by atomic mass is 32.2. The summed E-state index contributed by atoms with van der Waals surface area (Å²) < 4.78 is 31.1. The zero-order valence-electron chi connectivity index (χ0n) is 16.3. The van der Waals surface area contributed by atoms with E-state index in [9.17, 15) is 13.2 Å². The molecule has 1 aromatic carbocycles. The highest BCUT2D eigenvalue weighted by molar-refractivity contribution is 7.92. The van der Waals surface area contributed by atoms with E-state index in [0.717, 1.165) is 42.0 Å². The number of benzene rings is 1. The second-order valence-electron chi connectivity index (χ2n) is 6.73. The van der Waals surface area contributed by atoms with Gasteiger partial charge in [0, 0.05) is 5.71 Å². The number of rotatable bonds is 7. The van der Waals surface area contributed by atoms with Gasteiger partial charge in [-0.2, -0.15) is 5.10 Å². The third-order valence-electron chi connectivity index (χ3n) is 4.50. The third kappa shape index (κ3) is 6.23. The molecule has 1 atom stereocenters. The minimum absolute atomic E-state index is 0.408. The van der Waals surface area contributed by atoms with E-state index in [2.05, 4.69) is 10.5 Å². The molecule has 0 saturated heterocycles. The molecule has 0 aromatic heterocycles.